The Morgan fingerprint density at radius 3 is 2.50 bits per heavy atom. The van der Waals surface area contributed by atoms with Crippen LogP contribution in [-0.4, -0.2) is 26.9 Å². The molecule has 3 nitrogen and oxygen atoms in total. The zero-order valence-electron chi connectivity index (χ0n) is 12.8. The van der Waals surface area contributed by atoms with Crippen molar-refractivity contribution in [1.82, 2.24) is 5.32 Å². The molecule has 2 rings (SSSR count). The fourth-order valence-electron chi connectivity index (χ4n) is 2.10. The van der Waals surface area contributed by atoms with Crippen molar-refractivity contribution in [3.63, 3.8) is 0 Å². The van der Waals surface area contributed by atoms with E-state index in [4.69, 9.17) is 9.47 Å². The van der Waals surface area contributed by atoms with E-state index in [-0.39, 0.29) is 5.82 Å². The van der Waals surface area contributed by atoms with Crippen molar-refractivity contribution < 1.29 is 13.9 Å². The van der Waals surface area contributed by atoms with E-state index >= 15 is 0 Å². The van der Waals surface area contributed by atoms with E-state index < -0.39 is 0 Å². The third-order valence-electron chi connectivity index (χ3n) is 3.34. The molecular formula is C18H22FNO2. The van der Waals surface area contributed by atoms with Crippen molar-refractivity contribution in [2.24, 2.45) is 0 Å². The Labute approximate surface area is 131 Å². The predicted molar refractivity (Wildman–Crippen MR) is 85.6 cm³/mol. The highest BCUT2D eigenvalue weighted by Crippen LogP contribution is 2.12. The summed E-state index contributed by atoms with van der Waals surface area (Å²) >= 11 is 0. The number of ether oxygens (including phenoxy) is 2. The van der Waals surface area contributed by atoms with Crippen LogP contribution in [-0.2, 0) is 17.7 Å². The average molecular weight is 303 g/mol. The van der Waals surface area contributed by atoms with Crippen LogP contribution in [0.3, 0.4) is 0 Å². The van der Waals surface area contributed by atoms with Gasteiger partial charge in [-0.2, -0.15) is 0 Å². The minimum absolute atomic E-state index is 0.137. The van der Waals surface area contributed by atoms with Gasteiger partial charge in [0.25, 0.3) is 0 Å². The quantitative estimate of drug-likeness (QED) is 0.722. The summed E-state index contributed by atoms with van der Waals surface area (Å²) in [5.41, 5.74) is 1.92. The molecule has 2 aromatic rings. The summed E-state index contributed by atoms with van der Waals surface area (Å²) in [6.07, 6.45) is 0.685. The Morgan fingerprint density at radius 2 is 1.77 bits per heavy atom. The third-order valence-corrected chi connectivity index (χ3v) is 3.34. The summed E-state index contributed by atoms with van der Waals surface area (Å²) < 4.78 is 23.9. The van der Waals surface area contributed by atoms with Gasteiger partial charge < -0.3 is 14.8 Å². The molecule has 118 valence electrons. The molecule has 0 saturated carbocycles. The molecule has 1 N–H and O–H groups in total. The minimum atomic E-state index is -0.137. The van der Waals surface area contributed by atoms with Crippen LogP contribution in [0, 0.1) is 5.82 Å². The van der Waals surface area contributed by atoms with E-state index in [0.717, 1.165) is 24.4 Å². The molecule has 0 spiro atoms. The highest BCUT2D eigenvalue weighted by Gasteiger charge is 2.00. The predicted octanol–water partition coefficient (Wildman–Crippen LogP) is 3.18. The van der Waals surface area contributed by atoms with Crippen molar-refractivity contribution in [3.05, 3.63) is 65.5 Å². The highest BCUT2D eigenvalue weighted by molar-refractivity contribution is 5.27. The van der Waals surface area contributed by atoms with Gasteiger partial charge in [0, 0.05) is 13.7 Å². The van der Waals surface area contributed by atoms with Crippen molar-refractivity contribution in [1.29, 1.82) is 0 Å². The van der Waals surface area contributed by atoms with Gasteiger partial charge >= 0.3 is 0 Å². The average Bonchev–Trinajstić information content (AvgIpc) is 2.55. The Bertz CT molecular complexity index is 557. The summed E-state index contributed by atoms with van der Waals surface area (Å²) in [7, 11) is 1.65. The molecule has 2 aromatic carbocycles. The van der Waals surface area contributed by atoms with Gasteiger partial charge in [0.05, 0.1) is 6.61 Å². The summed E-state index contributed by atoms with van der Waals surface area (Å²) in [5.74, 6) is 0.703. The van der Waals surface area contributed by atoms with Gasteiger partial charge in [0.15, 0.2) is 0 Å². The molecule has 0 radical (unpaired) electrons. The smallest absolute Gasteiger partial charge is 0.126 e. The molecule has 0 unspecified atom stereocenters. The van der Waals surface area contributed by atoms with Crippen LogP contribution >= 0.6 is 0 Å². The van der Waals surface area contributed by atoms with Gasteiger partial charge in [0.1, 0.15) is 18.2 Å². The number of hydrogen-bond donors (Lipinski definition) is 1. The van der Waals surface area contributed by atoms with E-state index in [9.17, 15) is 4.39 Å². The number of benzene rings is 2. The molecule has 0 bridgehead atoms. The second-order valence-electron chi connectivity index (χ2n) is 5.00. The lowest BCUT2D eigenvalue weighted by atomic mass is 10.1. The van der Waals surface area contributed by atoms with Crippen LogP contribution in [0.1, 0.15) is 11.1 Å². The number of halogens is 1. The number of rotatable bonds is 9. The maximum Gasteiger partial charge on any atom is 0.126 e. The molecule has 4 heteroatoms. The van der Waals surface area contributed by atoms with Crippen molar-refractivity contribution in [2.75, 3.05) is 26.9 Å². The van der Waals surface area contributed by atoms with Crippen LogP contribution in [0.5, 0.6) is 5.75 Å². The van der Waals surface area contributed by atoms with Gasteiger partial charge in [0.2, 0.25) is 0 Å². The zero-order valence-corrected chi connectivity index (χ0v) is 12.8. The zero-order chi connectivity index (χ0) is 15.6. The molecule has 0 amide bonds. The lowest BCUT2D eigenvalue weighted by Gasteiger charge is -2.08. The highest BCUT2D eigenvalue weighted by atomic mass is 19.1. The molecular weight excluding hydrogens is 281 g/mol. The van der Waals surface area contributed by atoms with Gasteiger partial charge in [-0.1, -0.05) is 30.3 Å². The van der Waals surface area contributed by atoms with Crippen LogP contribution in [0.15, 0.2) is 48.5 Å². The first kappa shape index (κ1) is 16.5. The molecule has 0 aliphatic heterocycles. The van der Waals surface area contributed by atoms with Crippen LogP contribution in [0.25, 0.3) is 0 Å². The summed E-state index contributed by atoms with van der Waals surface area (Å²) in [5, 5.41) is 3.32. The van der Waals surface area contributed by atoms with E-state index in [1.54, 1.807) is 13.2 Å². The molecule has 0 aromatic heterocycles. The van der Waals surface area contributed by atoms with Gasteiger partial charge in [-0.3, -0.25) is 0 Å². The van der Waals surface area contributed by atoms with Crippen LogP contribution in [0.4, 0.5) is 4.39 Å². The Morgan fingerprint density at radius 1 is 1.00 bits per heavy atom. The normalized spacial score (nSPS) is 10.6. The summed E-state index contributed by atoms with van der Waals surface area (Å²) in [6, 6.07) is 14.8. The molecule has 0 atom stereocenters. The Kier molecular flexibility index (Phi) is 6.87. The summed E-state index contributed by atoms with van der Waals surface area (Å²) in [4.78, 5) is 0. The second kappa shape index (κ2) is 9.18. The van der Waals surface area contributed by atoms with E-state index in [1.807, 2.05) is 36.4 Å². The van der Waals surface area contributed by atoms with Gasteiger partial charge in [-0.25, -0.2) is 4.39 Å². The monoisotopic (exact) mass is 303 g/mol. The first-order valence-corrected chi connectivity index (χ1v) is 7.44. The number of methoxy groups -OCH3 is 1. The summed E-state index contributed by atoms with van der Waals surface area (Å²) in [6.45, 7) is 2.63. The topological polar surface area (TPSA) is 30.5 Å². The van der Waals surface area contributed by atoms with Gasteiger partial charge in [-0.05, 0) is 42.3 Å². The van der Waals surface area contributed by atoms with Crippen molar-refractivity contribution in [3.8, 4) is 5.75 Å². The lowest BCUT2D eigenvalue weighted by Crippen LogP contribution is -2.17. The molecule has 22 heavy (non-hydrogen) atoms. The minimum Gasteiger partial charge on any atom is -0.491 e. The van der Waals surface area contributed by atoms with E-state index in [1.165, 1.54) is 11.6 Å². The van der Waals surface area contributed by atoms with E-state index in [2.05, 4.69) is 5.32 Å². The molecule has 0 heterocycles. The van der Waals surface area contributed by atoms with Crippen molar-refractivity contribution >= 4 is 0 Å². The molecule has 0 aliphatic carbocycles. The fourth-order valence-corrected chi connectivity index (χ4v) is 2.10. The van der Waals surface area contributed by atoms with Crippen molar-refractivity contribution in [2.45, 2.75) is 13.0 Å². The molecule has 0 aliphatic rings. The van der Waals surface area contributed by atoms with E-state index in [0.29, 0.717) is 19.6 Å². The van der Waals surface area contributed by atoms with Gasteiger partial charge in [-0.15, -0.1) is 0 Å². The fraction of sp³-hybridized carbons (Fsp3) is 0.333. The molecule has 0 saturated heterocycles. The lowest BCUT2D eigenvalue weighted by molar-refractivity contribution is 0.146. The third kappa shape index (κ3) is 5.47. The first-order chi connectivity index (χ1) is 10.8. The largest absolute Gasteiger partial charge is 0.491 e. The maximum absolute atomic E-state index is 13.5. The van der Waals surface area contributed by atoms with Crippen LogP contribution in [0.2, 0.25) is 0 Å². The number of nitrogens with one attached hydrogen (secondary N) is 1. The number of hydrogen-bond acceptors (Lipinski definition) is 3. The standard InChI is InChI=1S/C18H22FNO2/c1-21-12-13-22-17-8-6-15(7-9-17)14-20-11-10-16-4-2-3-5-18(16)19/h2-9,20H,10-14H2,1H3. The Balaban J connectivity index is 1.70. The van der Waals surface area contributed by atoms with Crippen LogP contribution < -0.4 is 10.1 Å². The second-order valence-corrected chi connectivity index (χ2v) is 5.00. The SMILES string of the molecule is COCCOc1ccc(CNCCc2ccccc2F)cc1. The molecule has 0 fully saturated rings. The first-order valence-electron chi connectivity index (χ1n) is 7.44. The Hall–Kier alpha value is -1.91. The maximum atomic E-state index is 13.5.